The van der Waals surface area contributed by atoms with Crippen molar-refractivity contribution < 1.29 is 8.78 Å². The maximum absolute atomic E-state index is 12.6. The Morgan fingerprint density at radius 3 is 2.33 bits per heavy atom. The molecule has 0 aliphatic heterocycles. The summed E-state index contributed by atoms with van der Waals surface area (Å²) in [6.45, 7) is 0.755. The van der Waals surface area contributed by atoms with Gasteiger partial charge in [0.15, 0.2) is 0 Å². The van der Waals surface area contributed by atoms with Gasteiger partial charge in [-0.05, 0) is 6.07 Å². The van der Waals surface area contributed by atoms with Crippen LogP contribution in [0, 0.1) is 0 Å². The highest BCUT2D eigenvalue weighted by Gasteiger charge is 2.26. The first-order valence-electron chi connectivity index (χ1n) is 3.30. The van der Waals surface area contributed by atoms with E-state index in [1.54, 1.807) is 0 Å². The van der Waals surface area contributed by atoms with Crippen molar-refractivity contribution in [2.24, 2.45) is 0 Å². The quantitative estimate of drug-likeness (QED) is 0.673. The Labute approximate surface area is 68.4 Å². The first-order valence-corrected chi connectivity index (χ1v) is 3.30. The molecule has 0 aliphatic carbocycles. The van der Waals surface area contributed by atoms with Crippen LogP contribution >= 0.6 is 0 Å². The lowest BCUT2D eigenvalue weighted by molar-refractivity contribution is 0.0128. The van der Waals surface area contributed by atoms with E-state index in [4.69, 9.17) is 11.5 Å². The molecular formula is C7H9F2N3. The number of alkyl halides is 2. The molecule has 5 heteroatoms. The third-order valence-electron chi connectivity index (χ3n) is 1.42. The van der Waals surface area contributed by atoms with Gasteiger partial charge in [-0.1, -0.05) is 0 Å². The minimum atomic E-state index is -2.97. The van der Waals surface area contributed by atoms with E-state index in [0.717, 1.165) is 19.2 Å². The smallest absolute Gasteiger partial charge is 0.287 e. The van der Waals surface area contributed by atoms with Crippen LogP contribution in [-0.2, 0) is 5.92 Å². The summed E-state index contributed by atoms with van der Waals surface area (Å²) in [5.74, 6) is -2.97. The first-order chi connectivity index (χ1) is 5.41. The van der Waals surface area contributed by atoms with E-state index >= 15 is 0 Å². The fourth-order valence-electron chi connectivity index (χ4n) is 0.722. The molecule has 66 valence electrons. The Morgan fingerprint density at radius 2 is 1.92 bits per heavy atom. The lowest BCUT2D eigenvalue weighted by Gasteiger charge is -2.10. The molecule has 0 spiro atoms. The number of hydrogen-bond acceptors (Lipinski definition) is 3. The summed E-state index contributed by atoms with van der Waals surface area (Å²) >= 11 is 0. The first kappa shape index (κ1) is 8.70. The molecule has 0 radical (unpaired) electrons. The minimum Gasteiger partial charge on any atom is -0.397 e. The standard InChI is InChI=1S/C7H9F2N3/c1-7(8,9)6-2-4(10)5(11)3-12-6/h2-3H,11H2,1H3,(H2,10,12). The van der Waals surface area contributed by atoms with Crippen LogP contribution in [0.1, 0.15) is 12.6 Å². The molecule has 0 saturated heterocycles. The van der Waals surface area contributed by atoms with Gasteiger partial charge in [0.1, 0.15) is 5.69 Å². The van der Waals surface area contributed by atoms with Crippen LogP contribution in [0.2, 0.25) is 0 Å². The number of anilines is 2. The van der Waals surface area contributed by atoms with Crippen molar-refractivity contribution in [2.45, 2.75) is 12.8 Å². The highest BCUT2D eigenvalue weighted by molar-refractivity contribution is 5.62. The van der Waals surface area contributed by atoms with Crippen molar-refractivity contribution in [3.05, 3.63) is 18.0 Å². The van der Waals surface area contributed by atoms with Gasteiger partial charge < -0.3 is 11.5 Å². The lowest BCUT2D eigenvalue weighted by Crippen LogP contribution is -2.11. The molecule has 0 bridgehead atoms. The monoisotopic (exact) mass is 173 g/mol. The van der Waals surface area contributed by atoms with Crippen LogP contribution < -0.4 is 11.5 Å². The largest absolute Gasteiger partial charge is 0.397 e. The highest BCUT2D eigenvalue weighted by atomic mass is 19.3. The number of nitrogens with two attached hydrogens (primary N) is 2. The van der Waals surface area contributed by atoms with E-state index in [0.29, 0.717) is 0 Å². The summed E-state index contributed by atoms with van der Waals surface area (Å²) in [5.41, 5.74) is 10.6. The zero-order chi connectivity index (χ0) is 9.35. The highest BCUT2D eigenvalue weighted by Crippen LogP contribution is 2.27. The molecule has 0 aromatic carbocycles. The van der Waals surface area contributed by atoms with Crippen LogP contribution in [0.5, 0.6) is 0 Å². The third kappa shape index (κ3) is 1.61. The van der Waals surface area contributed by atoms with Crippen LogP contribution in [-0.4, -0.2) is 4.98 Å². The molecule has 0 unspecified atom stereocenters. The van der Waals surface area contributed by atoms with Crippen LogP contribution in [0.4, 0.5) is 20.2 Å². The number of pyridine rings is 1. The summed E-state index contributed by atoms with van der Waals surface area (Å²) in [5, 5.41) is 0. The topological polar surface area (TPSA) is 64.9 Å². The van der Waals surface area contributed by atoms with Gasteiger partial charge >= 0.3 is 0 Å². The Bertz CT molecular complexity index is 293. The zero-order valence-electron chi connectivity index (χ0n) is 6.51. The van der Waals surface area contributed by atoms with Crippen LogP contribution in [0.3, 0.4) is 0 Å². The number of aromatic nitrogens is 1. The van der Waals surface area contributed by atoms with Gasteiger partial charge in [0.2, 0.25) is 0 Å². The molecule has 3 nitrogen and oxygen atoms in total. The van der Waals surface area contributed by atoms with E-state index in [1.165, 1.54) is 0 Å². The summed E-state index contributed by atoms with van der Waals surface area (Å²) < 4.78 is 25.2. The summed E-state index contributed by atoms with van der Waals surface area (Å²) in [4.78, 5) is 3.46. The number of nitrogens with zero attached hydrogens (tertiary/aromatic N) is 1. The minimum absolute atomic E-state index is 0.126. The maximum atomic E-state index is 12.6. The van der Waals surface area contributed by atoms with E-state index in [9.17, 15) is 8.78 Å². The predicted octanol–water partition coefficient (Wildman–Crippen LogP) is 1.36. The Kier molecular flexibility index (Phi) is 1.87. The van der Waals surface area contributed by atoms with Crippen molar-refractivity contribution in [3.63, 3.8) is 0 Å². The van der Waals surface area contributed by atoms with Gasteiger partial charge in [-0.2, -0.15) is 8.78 Å². The summed E-state index contributed by atoms with van der Waals surface area (Å²) in [6, 6.07) is 1.08. The lowest BCUT2D eigenvalue weighted by atomic mass is 10.2. The second kappa shape index (κ2) is 2.58. The average Bonchev–Trinajstić information content (AvgIpc) is 1.92. The average molecular weight is 173 g/mol. The van der Waals surface area contributed by atoms with Gasteiger partial charge in [0.05, 0.1) is 17.6 Å². The number of nitrogen functional groups attached to an aromatic ring is 2. The normalized spacial score (nSPS) is 11.6. The van der Waals surface area contributed by atoms with E-state index < -0.39 is 5.92 Å². The van der Waals surface area contributed by atoms with E-state index in [1.807, 2.05) is 0 Å². The second-order valence-corrected chi connectivity index (χ2v) is 2.59. The van der Waals surface area contributed by atoms with Crippen molar-refractivity contribution in [1.82, 2.24) is 4.98 Å². The fraction of sp³-hybridized carbons (Fsp3) is 0.286. The number of halogens is 2. The van der Waals surface area contributed by atoms with Crippen molar-refractivity contribution >= 4 is 11.4 Å². The van der Waals surface area contributed by atoms with E-state index in [2.05, 4.69) is 4.98 Å². The van der Waals surface area contributed by atoms with Crippen LogP contribution in [0.15, 0.2) is 12.3 Å². The molecule has 0 amide bonds. The van der Waals surface area contributed by atoms with Gasteiger partial charge in [-0.15, -0.1) is 0 Å². The molecule has 0 atom stereocenters. The Hall–Kier alpha value is -1.39. The Morgan fingerprint density at radius 1 is 1.33 bits per heavy atom. The summed E-state index contributed by atoms with van der Waals surface area (Å²) in [7, 11) is 0. The number of hydrogen-bond donors (Lipinski definition) is 2. The van der Waals surface area contributed by atoms with Crippen molar-refractivity contribution in [2.75, 3.05) is 11.5 Å². The third-order valence-corrected chi connectivity index (χ3v) is 1.42. The fourth-order valence-corrected chi connectivity index (χ4v) is 0.722. The molecule has 1 rings (SSSR count). The molecule has 1 aromatic rings. The molecule has 0 saturated carbocycles. The number of rotatable bonds is 1. The molecule has 0 fully saturated rings. The molecule has 12 heavy (non-hydrogen) atoms. The summed E-state index contributed by atoms with van der Waals surface area (Å²) in [6.07, 6.45) is 1.13. The molecule has 1 aromatic heterocycles. The second-order valence-electron chi connectivity index (χ2n) is 2.59. The van der Waals surface area contributed by atoms with Gasteiger partial charge in [-0.25, -0.2) is 0 Å². The van der Waals surface area contributed by atoms with Crippen molar-refractivity contribution in [1.29, 1.82) is 0 Å². The van der Waals surface area contributed by atoms with E-state index in [-0.39, 0.29) is 17.1 Å². The Balaban J connectivity index is 3.14. The van der Waals surface area contributed by atoms with Crippen LogP contribution in [0.25, 0.3) is 0 Å². The molecule has 0 aliphatic rings. The zero-order valence-corrected chi connectivity index (χ0v) is 6.51. The maximum Gasteiger partial charge on any atom is 0.287 e. The van der Waals surface area contributed by atoms with Gasteiger partial charge in [-0.3, -0.25) is 4.98 Å². The molecule has 1 heterocycles. The van der Waals surface area contributed by atoms with Gasteiger partial charge in [0, 0.05) is 6.92 Å². The molecule has 4 N–H and O–H groups in total. The SMILES string of the molecule is CC(F)(F)c1cc(N)c(N)cn1. The molecular weight excluding hydrogens is 164 g/mol. The van der Waals surface area contributed by atoms with Crippen molar-refractivity contribution in [3.8, 4) is 0 Å². The van der Waals surface area contributed by atoms with Gasteiger partial charge in [0.25, 0.3) is 5.92 Å². The predicted molar refractivity (Wildman–Crippen MR) is 42.6 cm³/mol.